The Bertz CT molecular complexity index is 1030. The van der Waals surface area contributed by atoms with E-state index < -0.39 is 0 Å². The molecule has 0 aliphatic carbocycles. The van der Waals surface area contributed by atoms with Gasteiger partial charge in [-0.25, -0.2) is 4.79 Å². The van der Waals surface area contributed by atoms with Gasteiger partial charge >= 0.3 is 6.03 Å². The number of ether oxygens (including phenoxy) is 3. The summed E-state index contributed by atoms with van der Waals surface area (Å²) in [6.07, 6.45) is 0. The largest absolute Gasteiger partial charge is 0.497 e. The molecule has 0 saturated heterocycles. The molecule has 0 fully saturated rings. The van der Waals surface area contributed by atoms with Crippen LogP contribution < -0.4 is 19.5 Å². The Morgan fingerprint density at radius 1 is 0.966 bits per heavy atom. The second-order valence-corrected chi connectivity index (χ2v) is 7.04. The van der Waals surface area contributed by atoms with Crippen LogP contribution in [-0.2, 0) is 13.1 Å². The first kappa shape index (κ1) is 18.9. The van der Waals surface area contributed by atoms with Crippen LogP contribution in [0.15, 0.2) is 54.6 Å². The molecule has 0 unspecified atom stereocenters. The molecule has 1 N–H and O–H groups in total. The molecule has 0 aromatic heterocycles. The summed E-state index contributed by atoms with van der Waals surface area (Å²) in [5.41, 5.74) is 2.04. The minimum Gasteiger partial charge on any atom is -0.497 e. The summed E-state index contributed by atoms with van der Waals surface area (Å²) in [5.74, 6) is 2.32. The van der Waals surface area contributed by atoms with Gasteiger partial charge in [-0.3, -0.25) is 0 Å². The van der Waals surface area contributed by atoms with Gasteiger partial charge in [-0.15, -0.1) is 0 Å². The van der Waals surface area contributed by atoms with Crippen LogP contribution in [0, 0.1) is 0 Å². The summed E-state index contributed by atoms with van der Waals surface area (Å²) in [4.78, 5) is 14.1. The molecule has 1 heterocycles. The predicted octanol–water partition coefficient (Wildman–Crippen LogP) is 3.96. The summed E-state index contributed by atoms with van der Waals surface area (Å²) in [7, 11) is 3.44. The standard InChI is InChI=1S/C23H24N2O4/c1-25(15-17-4-8-21-22(12-17)29-10-9-28-21)23(26)24-14-16-3-5-19-13-20(27-2)7-6-18(19)11-16/h3-8,11-13H,9-10,14-15H2,1-2H3,(H,24,26). The molecule has 0 radical (unpaired) electrons. The average Bonchev–Trinajstić information content (AvgIpc) is 2.76. The van der Waals surface area contributed by atoms with E-state index in [-0.39, 0.29) is 6.03 Å². The van der Waals surface area contributed by atoms with Crippen molar-refractivity contribution in [2.24, 2.45) is 0 Å². The maximum absolute atomic E-state index is 12.5. The lowest BCUT2D eigenvalue weighted by atomic mass is 10.1. The monoisotopic (exact) mass is 392 g/mol. The summed E-state index contributed by atoms with van der Waals surface area (Å²) >= 11 is 0. The lowest BCUT2D eigenvalue weighted by molar-refractivity contribution is 0.171. The molecule has 6 nitrogen and oxygen atoms in total. The number of rotatable bonds is 5. The summed E-state index contributed by atoms with van der Waals surface area (Å²) in [6, 6.07) is 17.7. The van der Waals surface area contributed by atoms with Gasteiger partial charge in [0, 0.05) is 20.1 Å². The highest BCUT2D eigenvalue weighted by Crippen LogP contribution is 2.31. The van der Waals surface area contributed by atoms with Crippen LogP contribution in [0.1, 0.15) is 11.1 Å². The minimum atomic E-state index is -0.130. The smallest absolute Gasteiger partial charge is 0.317 e. The van der Waals surface area contributed by atoms with Gasteiger partial charge in [-0.1, -0.05) is 24.3 Å². The van der Waals surface area contributed by atoms with E-state index in [1.165, 1.54) is 0 Å². The van der Waals surface area contributed by atoms with E-state index in [0.29, 0.717) is 26.3 Å². The normalized spacial score (nSPS) is 12.5. The maximum atomic E-state index is 12.5. The van der Waals surface area contributed by atoms with E-state index in [9.17, 15) is 4.79 Å². The zero-order chi connectivity index (χ0) is 20.2. The SMILES string of the molecule is COc1ccc2cc(CNC(=O)N(C)Cc3ccc4c(c3)OCCO4)ccc2c1. The van der Waals surface area contributed by atoms with Gasteiger partial charge < -0.3 is 24.4 Å². The molecule has 4 rings (SSSR count). The number of benzene rings is 3. The van der Waals surface area contributed by atoms with Crippen LogP contribution in [-0.4, -0.2) is 38.3 Å². The Morgan fingerprint density at radius 3 is 2.52 bits per heavy atom. The summed E-state index contributed by atoms with van der Waals surface area (Å²) in [6.45, 7) is 2.06. The Morgan fingerprint density at radius 2 is 1.69 bits per heavy atom. The average molecular weight is 392 g/mol. The van der Waals surface area contributed by atoms with E-state index in [0.717, 1.165) is 39.1 Å². The van der Waals surface area contributed by atoms with Gasteiger partial charge in [0.2, 0.25) is 0 Å². The van der Waals surface area contributed by atoms with E-state index >= 15 is 0 Å². The molecule has 0 bridgehead atoms. The first-order valence-corrected chi connectivity index (χ1v) is 9.56. The minimum absolute atomic E-state index is 0.130. The first-order valence-electron chi connectivity index (χ1n) is 9.56. The van der Waals surface area contributed by atoms with Crippen molar-refractivity contribution in [3.8, 4) is 17.2 Å². The van der Waals surface area contributed by atoms with E-state index in [1.54, 1.807) is 19.1 Å². The number of nitrogens with zero attached hydrogens (tertiary/aromatic N) is 1. The Labute approximate surface area is 170 Å². The third kappa shape index (κ3) is 4.37. The number of carbonyl (C=O) groups excluding carboxylic acids is 1. The molecule has 2 amide bonds. The van der Waals surface area contributed by atoms with Crippen molar-refractivity contribution in [3.05, 3.63) is 65.7 Å². The molecule has 150 valence electrons. The van der Waals surface area contributed by atoms with Crippen molar-refractivity contribution in [1.82, 2.24) is 10.2 Å². The van der Waals surface area contributed by atoms with Crippen LogP contribution in [0.2, 0.25) is 0 Å². The molecule has 0 atom stereocenters. The fourth-order valence-electron chi connectivity index (χ4n) is 3.35. The van der Waals surface area contributed by atoms with Crippen LogP contribution in [0.5, 0.6) is 17.2 Å². The highest BCUT2D eigenvalue weighted by Gasteiger charge is 2.14. The van der Waals surface area contributed by atoms with Crippen molar-refractivity contribution in [2.45, 2.75) is 13.1 Å². The van der Waals surface area contributed by atoms with E-state index in [2.05, 4.69) is 11.4 Å². The number of hydrogen-bond donors (Lipinski definition) is 1. The van der Waals surface area contributed by atoms with Crippen molar-refractivity contribution >= 4 is 16.8 Å². The Balaban J connectivity index is 1.36. The number of amides is 2. The highest BCUT2D eigenvalue weighted by atomic mass is 16.6. The molecule has 6 heteroatoms. The molecular weight excluding hydrogens is 368 g/mol. The molecule has 1 aliphatic heterocycles. The van der Waals surface area contributed by atoms with Gasteiger partial charge in [0.15, 0.2) is 11.5 Å². The Hall–Kier alpha value is -3.41. The van der Waals surface area contributed by atoms with Crippen molar-refractivity contribution < 1.29 is 19.0 Å². The number of carbonyl (C=O) groups is 1. The van der Waals surface area contributed by atoms with E-state index in [4.69, 9.17) is 14.2 Å². The van der Waals surface area contributed by atoms with E-state index in [1.807, 2.05) is 48.5 Å². The van der Waals surface area contributed by atoms with Gasteiger partial charge in [0.25, 0.3) is 0 Å². The third-order valence-electron chi connectivity index (χ3n) is 4.93. The van der Waals surface area contributed by atoms with Crippen LogP contribution in [0.4, 0.5) is 4.79 Å². The molecule has 0 spiro atoms. The predicted molar refractivity (Wildman–Crippen MR) is 112 cm³/mol. The zero-order valence-corrected chi connectivity index (χ0v) is 16.6. The lowest BCUT2D eigenvalue weighted by Crippen LogP contribution is -2.36. The number of methoxy groups -OCH3 is 1. The zero-order valence-electron chi connectivity index (χ0n) is 16.6. The number of nitrogens with one attached hydrogen (secondary N) is 1. The van der Waals surface area contributed by atoms with Crippen molar-refractivity contribution in [3.63, 3.8) is 0 Å². The van der Waals surface area contributed by atoms with Gasteiger partial charge in [0.1, 0.15) is 19.0 Å². The fourth-order valence-corrected chi connectivity index (χ4v) is 3.35. The number of urea groups is 1. The maximum Gasteiger partial charge on any atom is 0.317 e. The number of hydrogen-bond acceptors (Lipinski definition) is 4. The molecular formula is C23H24N2O4. The van der Waals surface area contributed by atoms with Gasteiger partial charge in [-0.05, 0) is 52.2 Å². The molecule has 1 aliphatic rings. The third-order valence-corrected chi connectivity index (χ3v) is 4.93. The van der Waals surface area contributed by atoms with Crippen molar-refractivity contribution in [1.29, 1.82) is 0 Å². The quantitative estimate of drug-likeness (QED) is 0.714. The topological polar surface area (TPSA) is 60.0 Å². The number of fused-ring (bicyclic) bond motifs is 2. The molecule has 29 heavy (non-hydrogen) atoms. The summed E-state index contributed by atoms with van der Waals surface area (Å²) < 4.78 is 16.4. The molecule has 3 aromatic rings. The lowest BCUT2D eigenvalue weighted by Gasteiger charge is -2.21. The van der Waals surface area contributed by atoms with Gasteiger partial charge in [-0.2, -0.15) is 0 Å². The van der Waals surface area contributed by atoms with Crippen LogP contribution >= 0.6 is 0 Å². The fraction of sp³-hybridized carbons (Fsp3) is 0.261. The second kappa shape index (κ2) is 8.31. The van der Waals surface area contributed by atoms with Crippen LogP contribution in [0.3, 0.4) is 0 Å². The van der Waals surface area contributed by atoms with Gasteiger partial charge in [0.05, 0.1) is 7.11 Å². The van der Waals surface area contributed by atoms with Crippen molar-refractivity contribution in [2.75, 3.05) is 27.4 Å². The Kier molecular flexibility index (Phi) is 5.42. The second-order valence-electron chi connectivity index (χ2n) is 7.04. The molecule has 3 aromatic carbocycles. The highest BCUT2D eigenvalue weighted by molar-refractivity contribution is 5.84. The first-order chi connectivity index (χ1) is 14.1. The summed E-state index contributed by atoms with van der Waals surface area (Å²) in [5, 5.41) is 5.19. The van der Waals surface area contributed by atoms with Crippen LogP contribution in [0.25, 0.3) is 10.8 Å². The molecule has 0 saturated carbocycles.